The minimum atomic E-state index is -0.539. The highest BCUT2D eigenvalue weighted by Gasteiger charge is 2.19. The van der Waals surface area contributed by atoms with Gasteiger partial charge >= 0.3 is 5.97 Å². The molecule has 2 aromatic carbocycles. The van der Waals surface area contributed by atoms with Crippen LogP contribution in [-0.2, 0) is 20.8 Å². The van der Waals surface area contributed by atoms with Crippen molar-refractivity contribution in [3.8, 4) is 16.9 Å². The Morgan fingerprint density at radius 3 is 2.70 bits per heavy atom. The Balaban J connectivity index is 1.89. The quantitative estimate of drug-likeness (QED) is 0.705. The van der Waals surface area contributed by atoms with Gasteiger partial charge in [-0.1, -0.05) is 12.1 Å². The van der Waals surface area contributed by atoms with Crippen molar-refractivity contribution in [1.29, 1.82) is 0 Å². The third-order valence-corrected chi connectivity index (χ3v) is 4.53. The van der Waals surface area contributed by atoms with E-state index in [4.69, 9.17) is 18.9 Å². The minimum absolute atomic E-state index is 0.226. The third-order valence-electron chi connectivity index (χ3n) is 4.53. The molecule has 0 bridgehead atoms. The maximum atomic E-state index is 14.4. The van der Waals surface area contributed by atoms with Crippen molar-refractivity contribution in [1.82, 2.24) is 0 Å². The summed E-state index contributed by atoms with van der Waals surface area (Å²) < 4.78 is 35.8. The summed E-state index contributed by atoms with van der Waals surface area (Å²) in [6.07, 6.45) is 2.76. The van der Waals surface area contributed by atoms with Gasteiger partial charge in [-0.2, -0.15) is 0 Å². The number of ether oxygens (including phenoxy) is 4. The SMILES string of the molecule is COC(=O)c1cc(COC2CCCCO2)ccc1-c1cc(OC)ccc1F. The summed E-state index contributed by atoms with van der Waals surface area (Å²) in [5.74, 6) is -0.479. The Labute approximate surface area is 158 Å². The highest BCUT2D eigenvalue weighted by atomic mass is 19.1. The molecule has 6 heteroatoms. The molecule has 1 aliphatic heterocycles. The van der Waals surface area contributed by atoms with Gasteiger partial charge in [0.05, 0.1) is 26.4 Å². The van der Waals surface area contributed by atoms with Crippen LogP contribution in [0.1, 0.15) is 35.2 Å². The predicted octanol–water partition coefficient (Wildman–Crippen LogP) is 4.33. The molecule has 0 aliphatic carbocycles. The smallest absolute Gasteiger partial charge is 0.338 e. The van der Waals surface area contributed by atoms with Gasteiger partial charge < -0.3 is 18.9 Å². The molecular weight excluding hydrogens is 351 g/mol. The van der Waals surface area contributed by atoms with Crippen molar-refractivity contribution >= 4 is 5.97 Å². The molecule has 5 nitrogen and oxygen atoms in total. The second kappa shape index (κ2) is 8.97. The number of benzene rings is 2. The third kappa shape index (κ3) is 4.64. The zero-order chi connectivity index (χ0) is 19.2. The van der Waals surface area contributed by atoms with E-state index in [0.717, 1.165) is 24.8 Å². The van der Waals surface area contributed by atoms with Crippen LogP contribution in [0.4, 0.5) is 4.39 Å². The van der Waals surface area contributed by atoms with Gasteiger partial charge in [-0.15, -0.1) is 0 Å². The average molecular weight is 374 g/mol. The minimum Gasteiger partial charge on any atom is -0.497 e. The van der Waals surface area contributed by atoms with Crippen molar-refractivity contribution in [2.45, 2.75) is 32.2 Å². The van der Waals surface area contributed by atoms with Crippen LogP contribution in [0.5, 0.6) is 5.75 Å². The van der Waals surface area contributed by atoms with Crippen molar-refractivity contribution in [3.05, 3.63) is 53.3 Å². The zero-order valence-electron chi connectivity index (χ0n) is 15.5. The number of halogens is 1. The Hall–Kier alpha value is -2.44. The van der Waals surface area contributed by atoms with Gasteiger partial charge in [0.25, 0.3) is 0 Å². The van der Waals surface area contributed by atoms with Crippen molar-refractivity contribution < 1.29 is 28.1 Å². The van der Waals surface area contributed by atoms with Gasteiger partial charge in [0.1, 0.15) is 11.6 Å². The number of methoxy groups -OCH3 is 2. The molecule has 0 aromatic heterocycles. The largest absolute Gasteiger partial charge is 0.497 e. The van der Waals surface area contributed by atoms with Crippen molar-refractivity contribution in [2.75, 3.05) is 20.8 Å². The summed E-state index contributed by atoms with van der Waals surface area (Å²) in [6, 6.07) is 9.58. The number of carbonyl (C=O) groups excluding carboxylic acids is 1. The summed E-state index contributed by atoms with van der Waals surface area (Å²) in [7, 11) is 2.80. The molecule has 0 radical (unpaired) electrons. The second-order valence-corrected chi connectivity index (χ2v) is 6.32. The Bertz CT molecular complexity index is 799. The maximum Gasteiger partial charge on any atom is 0.338 e. The van der Waals surface area contributed by atoms with Gasteiger partial charge in [-0.05, 0) is 54.7 Å². The monoisotopic (exact) mass is 374 g/mol. The van der Waals surface area contributed by atoms with Crippen LogP contribution in [0.2, 0.25) is 0 Å². The lowest BCUT2D eigenvalue weighted by molar-refractivity contribution is -0.168. The molecule has 27 heavy (non-hydrogen) atoms. The first-order valence-corrected chi connectivity index (χ1v) is 8.90. The molecule has 144 valence electrons. The molecule has 3 rings (SSSR count). The molecule has 0 spiro atoms. The normalized spacial score (nSPS) is 16.8. The fourth-order valence-corrected chi connectivity index (χ4v) is 3.06. The van der Waals surface area contributed by atoms with Crippen LogP contribution < -0.4 is 4.74 Å². The molecule has 2 aromatic rings. The fraction of sp³-hybridized carbons (Fsp3) is 0.381. The lowest BCUT2D eigenvalue weighted by atomic mass is 9.97. The van der Waals surface area contributed by atoms with E-state index in [0.29, 0.717) is 24.5 Å². The number of hydrogen-bond acceptors (Lipinski definition) is 5. The van der Waals surface area contributed by atoms with Crippen LogP contribution in [0.25, 0.3) is 11.1 Å². The first kappa shape index (κ1) is 19.3. The van der Waals surface area contributed by atoms with Crippen LogP contribution in [0.3, 0.4) is 0 Å². The highest BCUT2D eigenvalue weighted by molar-refractivity contribution is 5.97. The Morgan fingerprint density at radius 1 is 1.15 bits per heavy atom. The summed E-state index contributed by atoms with van der Waals surface area (Å²) >= 11 is 0. The predicted molar refractivity (Wildman–Crippen MR) is 98.1 cm³/mol. The summed E-state index contributed by atoms with van der Waals surface area (Å²) in [5.41, 5.74) is 1.78. The number of carbonyl (C=O) groups is 1. The van der Waals surface area contributed by atoms with E-state index in [-0.39, 0.29) is 17.4 Å². The second-order valence-electron chi connectivity index (χ2n) is 6.32. The molecule has 1 unspecified atom stereocenters. The highest BCUT2D eigenvalue weighted by Crippen LogP contribution is 2.31. The number of hydrogen-bond donors (Lipinski definition) is 0. The summed E-state index contributed by atoms with van der Waals surface area (Å²) in [5, 5.41) is 0. The van der Waals surface area contributed by atoms with Crippen molar-refractivity contribution in [2.24, 2.45) is 0 Å². The molecule has 1 fully saturated rings. The topological polar surface area (TPSA) is 54.0 Å². The van der Waals surface area contributed by atoms with Gasteiger partial charge in [-0.3, -0.25) is 0 Å². The van der Waals surface area contributed by atoms with Crippen LogP contribution >= 0.6 is 0 Å². The van der Waals surface area contributed by atoms with Crippen LogP contribution in [0, 0.1) is 5.82 Å². The fourth-order valence-electron chi connectivity index (χ4n) is 3.06. The van der Waals surface area contributed by atoms with Crippen molar-refractivity contribution in [3.63, 3.8) is 0 Å². The number of esters is 1. The molecule has 1 atom stereocenters. The van der Waals surface area contributed by atoms with E-state index >= 15 is 0 Å². The van der Waals surface area contributed by atoms with E-state index in [1.165, 1.54) is 26.4 Å². The van der Waals surface area contributed by atoms with Gasteiger partial charge in [0.2, 0.25) is 0 Å². The van der Waals surface area contributed by atoms with E-state index in [1.54, 1.807) is 18.2 Å². The molecule has 0 N–H and O–H groups in total. The maximum absolute atomic E-state index is 14.4. The van der Waals surface area contributed by atoms with Crippen LogP contribution in [0.15, 0.2) is 36.4 Å². The van der Waals surface area contributed by atoms with E-state index in [1.807, 2.05) is 6.07 Å². The molecule has 1 aliphatic rings. The Morgan fingerprint density at radius 2 is 2.00 bits per heavy atom. The van der Waals surface area contributed by atoms with Gasteiger partial charge in [-0.25, -0.2) is 9.18 Å². The molecule has 1 saturated heterocycles. The first-order chi connectivity index (χ1) is 13.1. The molecule has 0 amide bonds. The summed E-state index contributed by atoms with van der Waals surface area (Å²) in [6.45, 7) is 1.00. The molecule has 1 heterocycles. The average Bonchev–Trinajstić information content (AvgIpc) is 2.72. The zero-order valence-corrected chi connectivity index (χ0v) is 15.5. The van der Waals surface area contributed by atoms with E-state index in [9.17, 15) is 9.18 Å². The number of rotatable bonds is 6. The molecule has 0 saturated carbocycles. The lowest BCUT2D eigenvalue weighted by Gasteiger charge is -2.23. The van der Waals surface area contributed by atoms with Crippen LogP contribution in [-0.4, -0.2) is 33.1 Å². The van der Waals surface area contributed by atoms with E-state index in [2.05, 4.69) is 0 Å². The van der Waals surface area contributed by atoms with Gasteiger partial charge in [0, 0.05) is 12.2 Å². The summed E-state index contributed by atoms with van der Waals surface area (Å²) in [4.78, 5) is 12.3. The van der Waals surface area contributed by atoms with Gasteiger partial charge in [0.15, 0.2) is 6.29 Å². The first-order valence-electron chi connectivity index (χ1n) is 8.90. The Kier molecular flexibility index (Phi) is 6.42. The lowest BCUT2D eigenvalue weighted by Crippen LogP contribution is -2.22. The molecular formula is C21H23FO5. The van der Waals surface area contributed by atoms with E-state index < -0.39 is 11.8 Å². The standard InChI is InChI=1S/C21H23FO5/c1-24-15-7-9-19(22)17(12-15)16-8-6-14(11-18(16)21(23)25-2)13-27-20-5-3-4-10-26-20/h6-9,11-12,20H,3-5,10,13H2,1-2H3.